The molecule has 1 aromatic heterocycles. The molecule has 0 spiro atoms. The molecule has 2 bridgehead atoms. The van der Waals surface area contributed by atoms with E-state index in [9.17, 15) is 14.7 Å². The zero-order valence-corrected chi connectivity index (χ0v) is 13.5. The highest BCUT2D eigenvalue weighted by atomic mass is 16.4. The second-order valence-corrected chi connectivity index (χ2v) is 6.71. The van der Waals surface area contributed by atoms with Gasteiger partial charge in [0.1, 0.15) is 0 Å². The van der Waals surface area contributed by atoms with Gasteiger partial charge in [-0.1, -0.05) is 11.1 Å². The number of pyridine rings is 1. The van der Waals surface area contributed by atoms with Gasteiger partial charge in [-0.15, -0.1) is 0 Å². The van der Waals surface area contributed by atoms with E-state index in [2.05, 4.69) is 10.3 Å². The van der Waals surface area contributed by atoms with Crippen LogP contribution in [0.3, 0.4) is 0 Å². The van der Waals surface area contributed by atoms with E-state index >= 15 is 0 Å². The van der Waals surface area contributed by atoms with Gasteiger partial charge in [-0.05, 0) is 56.2 Å². The first-order valence-corrected chi connectivity index (χ1v) is 8.07. The van der Waals surface area contributed by atoms with Crippen molar-refractivity contribution in [2.75, 3.05) is 0 Å². The fourth-order valence-electron chi connectivity index (χ4n) is 4.41. The Bertz CT molecular complexity index is 649. The molecular weight excluding hydrogens is 292 g/mol. The van der Waals surface area contributed by atoms with E-state index < -0.39 is 17.8 Å². The molecule has 5 nitrogen and oxygen atoms in total. The molecule has 5 heteroatoms. The first-order chi connectivity index (χ1) is 11.0. The lowest BCUT2D eigenvalue weighted by atomic mass is 9.78. The van der Waals surface area contributed by atoms with Gasteiger partial charge in [0.2, 0.25) is 5.91 Å². The van der Waals surface area contributed by atoms with Gasteiger partial charge in [-0.2, -0.15) is 0 Å². The van der Waals surface area contributed by atoms with Crippen LogP contribution in [0.2, 0.25) is 0 Å². The number of hydrogen-bond acceptors (Lipinski definition) is 3. The molecule has 2 aliphatic rings. The Kier molecular flexibility index (Phi) is 4.20. The Balaban J connectivity index is 1.79. The topological polar surface area (TPSA) is 79.3 Å². The number of allylic oxidation sites excluding steroid dienone is 2. The van der Waals surface area contributed by atoms with Crippen molar-refractivity contribution >= 4 is 11.9 Å². The van der Waals surface area contributed by atoms with E-state index in [-0.39, 0.29) is 17.7 Å². The van der Waals surface area contributed by atoms with Crippen LogP contribution in [0, 0.1) is 23.7 Å². The van der Waals surface area contributed by atoms with Gasteiger partial charge in [-0.3, -0.25) is 14.6 Å². The largest absolute Gasteiger partial charge is 0.481 e. The van der Waals surface area contributed by atoms with Crippen molar-refractivity contribution in [3.05, 3.63) is 41.2 Å². The number of aromatic nitrogens is 1. The van der Waals surface area contributed by atoms with Crippen LogP contribution in [0.1, 0.15) is 32.3 Å². The molecule has 0 aromatic carbocycles. The summed E-state index contributed by atoms with van der Waals surface area (Å²) in [7, 11) is 0. The molecule has 23 heavy (non-hydrogen) atoms. The van der Waals surface area contributed by atoms with Crippen LogP contribution in [-0.2, 0) is 16.1 Å². The van der Waals surface area contributed by atoms with Gasteiger partial charge in [0.15, 0.2) is 0 Å². The lowest BCUT2D eigenvalue weighted by Gasteiger charge is -2.26. The predicted octanol–water partition coefficient (Wildman–Crippen LogP) is 2.39. The van der Waals surface area contributed by atoms with Crippen LogP contribution in [0.4, 0.5) is 0 Å². The predicted molar refractivity (Wildman–Crippen MR) is 85.3 cm³/mol. The Hall–Kier alpha value is -2.17. The van der Waals surface area contributed by atoms with Crippen molar-refractivity contribution in [3.8, 4) is 0 Å². The number of nitrogens with one attached hydrogen (secondary N) is 1. The summed E-state index contributed by atoms with van der Waals surface area (Å²) in [5, 5.41) is 12.5. The van der Waals surface area contributed by atoms with E-state index in [0.29, 0.717) is 6.54 Å². The Morgan fingerprint density at radius 3 is 2.35 bits per heavy atom. The molecule has 0 unspecified atom stereocenters. The third-order valence-corrected chi connectivity index (χ3v) is 5.22. The lowest BCUT2D eigenvalue weighted by Crippen LogP contribution is -2.41. The lowest BCUT2D eigenvalue weighted by molar-refractivity contribution is -0.149. The monoisotopic (exact) mass is 314 g/mol. The molecule has 2 fully saturated rings. The van der Waals surface area contributed by atoms with Gasteiger partial charge >= 0.3 is 5.97 Å². The zero-order valence-electron chi connectivity index (χ0n) is 13.5. The number of carboxylic acid groups (broad SMARTS) is 1. The van der Waals surface area contributed by atoms with E-state index in [1.165, 1.54) is 11.1 Å². The maximum atomic E-state index is 12.7. The summed E-state index contributed by atoms with van der Waals surface area (Å²) in [5.41, 5.74) is 3.35. The van der Waals surface area contributed by atoms with Crippen molar-refractivity contribution in [1.82, 2.24) is 10.3 Å². The van der Waals surface area contributed by atoms with Gasteiger partial charge in [-0.25, -0.2) is 0 Å². The van der Waals surface area contributed by atoms with Crippen LogP contribution < -0.4 is 5.32 Å². The minimum atomic E-state index is -0.847. The molecule has 1 aromatic rings. The molecule has 2 saturated carbocycles. The highest BCUT2D eigenvalue weighted by Gasteiger charge is 2.57. The third kappa shape index (κ3) is 2.76. The number of carbonyl (C=O) groups excluding carboxylic acids is 1. The summed E-state index contributed by atoms with van der Waals surface area (Å²) in [4.78, 5) is 28.4. The van der Waals surface area contributed by atoms with Crippen LogP contribution in [-0.4, -0.2) is 22.0 Å². The highest BCUT2D eigenvalue weighted by Crippen LogP contribution is 2.57. The van der Waals surface area contributed by atoms with Crippen LogP contribution in [0.25, 0.3) is 0 Å². The summed E-state index contributed by atoms with van der Waals surface area (Å²) >= 11 is 0. The number of hydrogen-bond donors (Lipinski definition) is 2. The number of aliphatic carboxylic acids is 1. The SMILES string of the molecule is CC(C)=C1[C@H]2CC[C@@H]1[C@H](C(=O)O)[C@@H]2C(=O)NCc1ccncc1. The molecule has 2 N–H and O–H groups in total. The number of nitrogens with zero attached hydrogens (tertiary/aromatic N) is 1. The Morgan fingerprint density at radius 2 is 1.78 bits per heavy atom. The molecule has 0 aliphatic heterocycles. The van der Waals surface area contributed by atoms with Crippen LogP contribution in [0.5, 0.6) is 0 Å². The van der Waals surface area contributed by atoms with Gasteiger partial charge in [0.25, 0.3) is 0 Å². The van der Waals surface area contributed by atoms with Gasteiger partial charge < -0.3 is 10.4 Å². The van der Waals surface area contributed by atoms with Crippen molar-refractivity contribution in [2.24, 2.45) is 23.7 Å². The van der Waals surface area contributed by atoms with Crippen LogP contribution in [0.15, 0.2) is 35.7 Å². The third-order valence-electron chi connectivity index (χ3n) is 5.22. The molecule has 3 rings (SSSR count). The number of rotatable bonds is 4. The fourth-order valence-corrected chi connectivity index (χ4v) is 4.41. The minimum absolute atomic E-state index is 0.0270. The molecule has 1 heterocycles. The fraction of sp³-hybridized carbons (Fsp3) is 0.500. The normalized spacial score (nSPS) is 28.7. The zero-order chi connectivity index (χ0) is 16.6. The number of fused-ring (bicyclic) bond motifs is 2. The van der Waals surface area contributed by atoms with Crippen LogP contribution >= 0.6 is 0 Å². The standard InChI is InChI=1S/C18H22N2O3/c1-10(2)14-12-3-4-13(14)16(18(22)23)15(12)17(21)20-9-11-5-7-19-8-6-11/h5-8,12-13,15-16H,3-4,9H2,1-2H3,(H,20,21)(H,22,23)/t12-,13+,15-,16+/m1/s1. The minimum Gasteiger partial charge on any atom is -0.481 e. The summed E-state index contributed by atoms with van der Waals surface area (Å²) in [5.74, 6) is -1.91. The van der Waals surface area contributed by atoms with Crippen molar-refractivity contribution in [1.29, 1.82) is 0 Å². The van der Waals surface area contributed by atoms with Gasteiger partial charge in [0.05, 0.1) is 11.8 Å². The maximum absolute atomic E-state index is 12.7. The summed E-state index contributed by atoms with van der Waals surface area (Å²) in [6.07, 6.45) is 5.17. The average molecular weight is 314 g/mol. The molecule has 2 aliphatic carbocycles. The van der Waals surface area contributed by atoms with E-state index in [0.717, 1.165) is 18.4 Å². The second-order valence-electron chi connectivity index (χ2n) is 6.71. The number of carbonyl (C=O) groups is 2. The quantitative estimate of drug-likeness (QED) is 0.836. The molecular formula is C18H22N2O3. The molecule has 122 valence electrons. The molecule has 0 radical (unpaired) electrons. The second kappa shape index (κ2) is 6.14. The van der Waals surface area contributed by atoms with Crippen molar-refractivity contribution < 1.29 is 14.7 Å². The highest BCUT2D eigenvalue weighted by molar-refractivity contribution is 5.87. The number of amides is 1. The first-order valence-electron chi connectivity index (χ1n) is 8.07. The van der Waals surface area contributed by atoms with E-state index in [4.69, 9.17) is 0 Å². The summed E-state index contributed by atoms with van der Waals surface area (Å²) < 4.78 is 0. The Morgan fingerprint density at radius 1 is 1.17 bits per heavy atom. The first kappa shape index (κ1) is 15.7. The number of carboxylic acids is 1. The van der Waals surface area contributed by atoms with Crippen molar-refractivity contribution in [2.45, 2.75) is 33.2 Å². The van der Waals surface area contributed by atoms with E-state index in [1.54, 1.807) is 12.4 Å². The van der Waals surface area contributed by atoms with Gasteiger partial charge in [0, 0.05) is 18.9 Å². The molecule has 1 amide bonds. The van der Waals surface area contributed by atoms with E-state index in [1.807, 2.05) is 26.0 Å². The molecule has 0 saturated heterocycles. The smallest absolute Gasteiger partial charge is 0.307 e. The molecule has 4 atom stereocenters. The Labute approximate surface area is 135 Å². The summed E-state index contributed by atoms with van der Waals surface area (Å²) in [6, 6.07) is 3.69. The maximum Gasteiger partial charge on any atom is 0.307 e. The van der Waals surface area contributed by atoms with Crippen molar-refractivity contribution in [3.63, 3.8) is 0 Å². The summed E-state index contributed by atoms with van der Waals surface area (Å²) in [6.45, 7) is 4.46. The average Bonchev–Trinajstić information content (AvgIpc) is 3.09.